The van der Waals surface area contributed by atoms with Crippen LogP contribution in [0.2, 0.25) is 0 Å². The van der Waals surface area contributed by atoms with Crippen LogP contribution in [0.1, 0.15) is 36.8 Å². The highest BCUT2D eigenvalue weighted by atomic mass is 32.2. The first-order valence-corrected chi connectivity index (χ1v) is 11.6. The molecule has 0 atom stereocenters. The van der Waals surface area contributed by atoms with E-state index >= 15 is 0 Å². The molecule has 0 spiro atoms. The molecule has 2 saturated heterocycles. The van der Waals surface area contributed by atoms with E-state index in [2.05, 4.69) is 5.32 Å². The van der Waals surface area contributed by atoms with Gasteiger partial charge in [-0.05, 0) is 49.9 Å². The highest BCUT2D eigenvalue weighted by molar-refractivity contribution is 7.86. The number of carbonyl (C=O) groups is 1. The van der Waals surface area contributed by atoms with Gasteiger partial charge in [0.05, 0.1) is 6.54 Å². The molecule has 0 aliphatic carbocycles. The second-order valence-electron chi connectivity index (χ2n) is 7.84. The number of rotatable bonds is 5. The molecule has 156 valence electrons. The van der Waals surface area contributed by atoms with Crippen LogP contribution in [-0.4, -0.2) is 73.6 Å². The summed E-state index contributed by atoms with van der Waals surface area (Å²) in [5.74, 6) is -0.0629. The van der Waals surface area contributed by atoms with Gasteiger partial charge in [0, 0.05) is 45.0 Å². The van der Waals surface area contributed by atoms with Gasteiger partial charge < -0.3 is 5.32 Å². The first kappa shape index (κ1) is 21.2. The first-order chi connectivity index (χ1) is 13.4. The summed E-state index contributed by atoms with van der Waals surface area (Å²) in [5.41, 5.74) is 3.14. The number of benzene rings is 1. The molecule has 0 unspecified atom stereocenters. The van der Waals surface area contributed by atoms with Crippen molar-refractivity contribution in [1.82, 2.24) is 13.5 Å². The SMILES string of the molecule is Cc1ccc(NC(=O)CN2CCN(S(=O)(=O)N3CCCCCC3)CC2)cc1C. The number of hydrogen-bond donors (Lipinski definition) is 1. The Hall–Kier alpha value is -1.48. The maximum absolute atomic E-state index is 12.9. The van der Waals surface area contributed by atoms with Gasteiger partial charge in [-0.1, -0.05) is 18.9 Å². The lowest BCUT2D eigenvalue weighted by Gasteiger charge is -2.36. The zero-order chi connectivity index (χ0) is 20.1. The third-order valence-corrected chi connectivity index (χ3v) is 7.74. The molecule has 1 amide bonds. The molecule has 0 radical (unpaired) electrons. The van der Waals surface area contributed by atoms with E-state index in [1.807, 2.05) is 36.9 Å². The summed E-state index contributed by atoms with van der Waals surface area (Å²) in [5, 5.41) is 2.94. The topological polar surface area (TPSA) is 73.0 Å². The van der Waals surface area contributed by atoms with Crippen molar-refractivity contribution in [3.63, 3.8) is 0 Å². The average Bonchev–Trinajstić information content (AvgIpc) is 2.95. The van der Waals surface area contributed by atoms with Crippen molar-refractivity contribution in [3.8, 4) is 0 Å². The van der Waals surface area contributed by atoms with Gasteiger partial charge in [0.2, 0.25) is 5.91 Å². The molecule has 0 bridgehead atoms. The summed E-state index contributed by atoms with van der Waals surface area (Å²) in [6.45, 7) is 7.63. The van der Waals surface area contributed by atoms with Gasteiger partial charge in [-0.2, -0.15) is 17.0 Å². The van der Waals surface area contributed by atoms with Crippen LogP contribution in [0.4, 0.5) is 5.69 Å². The van der Waals surface area contributed by atoms with Crippen LogP contribution in [-0.2, 0) is 15.0 Å². The molecule has 7 nitrogen and oxygen atoms in total. The minimum absolute atomic E-state index is 0.0629. The van der Waals surface area contributed by atoms with Crippen molar-refractivity contribution in [2.24, 2.45) is 0 Å². The van der Waals surface area contributed by atoms with Crippen molar-refractivity contribution in [2.75, 3.05) is 51.1 Å². The van der Waals surface area contributed by atoms with E-state index in [1.165, 1.54) is 5.56 Å². The molecule has 3 rings (SSSR count). The molecule has 2 fully saturated rings. The molecule has 8 heteroatoms. The summed E-state index contributed by atoms with van der Waals surface area (Å²) < 4.78 is 29.0. The van der Waals surface area contributed by atoms with Gasteiger partial charge in [-0.15, -0.1) is 0 Å². The molecule has 0 saturated carbocycles. The van der Waals surface area contributed by atoms with E-state index in [9.17, 15) is 13.2 Å². The van der Waals surface area contributed by atoms with Crippen LogP contribution in [0.3, 0.4) is 0 Å². The maximum Gasteiger partial charge on any atom is 0.282 e. The van der Waals surface area contributed by atoms with Crippen LogP contribution in [0.25, 0.3) is 0 Å². The van der Waals surface area contributed by atoms with E-state index < -0.39 is 10.2 Å². The van der Waals surface area contributed by atoms with Crippen molar-refractivity contribution in [2.45, 2.75) is 39.5 Å². The molecule has 2 heterocycles. The Labute approximate surface area is 168 Å². The standard InChI is InChI=1S/C20H32N4O3S/c1-17-7-8-19(15-18(17)2)21-20(25)16-22-11-13-24(14-12-22)28(26,27)23-9-5-3-4-6-10-23/h7-8,15H,3-6,9-14,16H2,1-2H3,(H,21,25). The Bertz CT molecular complexity index is 781. The zero-order valence-corrected chi connectivity index (χ0v) is 17.8. The Balaban J connectivity index is 1.49. The number of piperazine rings is 1. The third-order valence-electron chi connectivity index (χ3n) is 5.71. The molecular formula is C20H32N4O3S. The van der Waals surface area contributed by atoms with Gasteiger partial charge >= 0.3 is 0 Å². The number of amides is 1. The summed E-state index contributed by atoms with van der Waals surface area (Å²) >= 11 is 0. The zero-order valence-electron chi connectivity index (χ0n) is 17.0. The predicted octanol–water partition coefficient (Wildman–Crippen LogP) is 1.98. The molecule has 1 N–H and O–H groups in total. The number of aryl methyl sites for hydroxylation is 2. The fourth-order valence-corrected chi connectivity index (χ4v) is 5.45. The van der Waals surface area contributed by atoms with Crippen molar-refractivity contribution in [3.05, 3.63) is 29.3 Å². The summed E-state index contributed by atoms with van der Waals surface area (Å²) in [4.78, 5) is 14.4. The number of hydrogen-bond acceptors (Lipinski definition) is 4. The first-order valence-electron chi connectivity index (χ1n) is 10.2. The number of nitrogens with one attached hydrogen (secondary N) is 1. The second-order valence-corrected chi connectivity index (χ2v) is 9.77. The van der Waals surface area contributed by atoms with Crippen LogP contribution >= 0.6 is 0 Å². The van der Waals surface area contributed by atoms with E-state index in [0.717, 1.165) is 36.9 Å². The maximum atomic E-state index is 12.9. The average molecular weight is 409 g/mol. The molecule has 0 aromatic heterocycles. The summed E-state index contributed by atoms with van der Waals surface area (Å²) in [7, 11) is -3.38. The van der Waals surface area contributed by atoms with E-state index in [0.29, 0.717) is 39.3 Å². The highest BCUT2D eigenvalue weighted by Crippen LogP contribution is 2.18. The minimum atomic E-state index is -3.38. The summed E-state index contributed by atoms with van der Waals surface area (Å²) in [6, 6.07) is 5.88. The quantitative estimate of drug-likeness (QED) is 0.809. The third kappa shape index (κ3) is 5.31. The molecular weight excluding hydrogens is 376 g/mol. The smallest absolute Gasteiger partial charge is 0.282 e. The van der Waals surface area contributed by atoms with Gasteiger partial charge in [0.25, 0.3) is 10.2 Å². The second kappa shape index (κ2) is 9.35. The lowest BCUT2D eigenvalue weighted by atomic mass is 10.1. The largest absolute Gasteiger partial charge is 0.325 e. The molecule has 2 aliphatic heterocycles. The van der Waals surface area contributed by atoms with Crippen LogP contribution in [0, 0.1) is 13.8 Å². The van der Waals surface area contributed by atoms with Crippen molar-refractivity contribution >= 4 is 21.8 Å². The Kier molecular flexibility index (Phi) is 7.09. The highest BCUT2D eigenvalue weighted by Gasteiger charge is 2.32. The van der Waals surface area contributed by atoms with E-state index in [1.54, 1.807) is 8.61 Å². The Morgan fingerprint density at radius 1 is 0.893 bits per heavy atom. The lowest BCUT2D eigenvalue weighted by molar-refractivity contribution is -0.117. The normalized spacial score (nSPS) is 20.6. The molecule has 1 aromatic carbocycles. The number of anilines is 1. The van der Waals surface area contributed by atoms with Crippen LogP contribution in [0.15, 0.2) is 18.2 Å². The Morgan fingerprint density at radius 2 is 1.50 bits per heavy atom. The number of nitrogens with zero attached hydrogens (tertiary/aromatic N) is 3. The van der Waals surface area contributed by atoms with Gasteiger partial charge in [0.1, 0.15) is 0 Å². The van der Waals surface area contributed by atoms with Crippen molar-refractivity contribution < 1.29 is 13.2 Å². The Morgan fingerprint density at radius 3 is 2.11 bits per heavy atom. The fourth-order valence-electron chi connectivity index (χ4n) is 3.78. The summed E-state index contributed by atoms with van der Waals surface area (Å²) in [6.07, 6.45) is 4.10. The van der Waals surface area contributed by atoms with Crippen molar-refractivity contribution in [1.29, 1.82) is 0 Å². The lowest BCUT2D eigenvalue weighted by Crippen LogP contribution is -2.54. The van der Waals surface area contributed by atoms with Crippen LogP contribution in [0.5, 0.6) is 0 Å². The number of carbonyl (C=O) groups excluding carboxylic acids is 1. The predicted molar refractivity (Wildman–Crippen MR) is 112 cm³/mol. The molecule has 28 heavy (non-hydrogen) atoms. The molecule has 2 aliphatic rings. The monoisotopic (exact) mass is 408 g/mol. The van der Waals surface area contributed by atoms with E-state index in [-0.39, 0.29) is 12.5 Å². The minimum Gasteiger partial charge on any atom is -0.325 e. The van der Waals surface area contributed by atoms with E-state index in [4.69, 9.17) is 0 Å². The van der Waals surface area contributed by atoms with Gasteiger partial charge in [-0.25, -0.2) is 0 Å². The molecule has 1 aromatic rings. The van der Waals surface area contributed by atoms with Gasteiger partial charge in [0.15, 0.2) is 0 Å². The van der Waals surface area contributed by atoms with Gasteiger partial charge in [-0.3, -0.25) is 9.69 Å². The van der Waals surface area contributed by atoms with Crippen LogP contribution < -0.4 is 5.32 Å². The fraction of sp³-hybridized carbons (Fsp3) is 0.650.